The summed E-state index contributed by atoms with van der Waals surface area (Å²) in [5.41, 5.74) is 0. The van der Waals surface area contributed by atoms with Crippen molar-refractivity contribution in [2.24, 2.45) is 0 Å². The fourth-order valence-corrected chi connectivity index (χ4v) is 3.31. The Labute approximate surface area is 113 Å². The van der Waals surface area contributed by atoms with Crippen LogP contribution in [0.5, 0.6) is 0 Å². The van der Waals surface area contributed by atoms with Crippen molar-refractivity contribution in [3.63, 3.8) is 0 Å². The Morgan fingerprint density at radius 1 is 1.16 bits per heavy atom. The summed E-state index contributed by atoms with van der Waals surface area (Å²) in [5.74, 6) is 0. The molecule has 19 heavy (non-hydrogen) atoms. The molecule has 3 aliphatic heterocycles. The lowest BCUT2D eigenvalue weighted by Gasteiger charge is -2.41. The van der Waals surface area contributed by atoms with Gasteiger partial charge in [0.1, 0.15) is 0 Å². The van der Waals surface area contributed by atoms with Gasteiger partial charge in [0.05, 0.1) is 32.0 Å². The molecule has 3 saturated heterocycles. The van der Waals surface area contributed by atoms with Crippen LogP contribution in [0.25, 0.3) is 0 Å². The van der Waals surface area contributed by atoms with Gasteiger partial charge in [-0.15, -0.1) is 0 Å². The van der Waals surface area contributed by atoms with Crippen molar-refractivity contribution < 1.29 is 19.4 Å². The summed E-state index contributed by atoms with van der Waals surface area (Å²) in [5, 5.41) is 9.85. The lowest BCUT2D eigenvalue weighted by atomic mass is 10.0. The van der Waals surface area contributed by atoms with E-state index in [1.807, 2.05) is 4.90 Å². The first-order chi connectivity index (χ1) is 9.25. The van der Waals surface area contributed by atoms with Gasteiger partial charge in [-0.05, 0) is 19.3 Å². The lowest BCUT2D eigenvalue weighted by molar-refractivity contribution is 0.0190. The largest absolute Gasteiger partial charge is 0.449 e. The Kier molecular flexibility index (Phi) is 3.91. The number of ether oxygens (including phenoxy) is 2. The highest BCUT2D eigenvalue weighted by atomic mass is 16.6. The van der Waals surface area contributed by atoms with E-state index in [9.17, 15) is 9.90 Å². The predicted molar refractivity (Wildman–Crippen MR) is 67.9 cm³/mol. The molecule has 0 saturated carbocycles. The molecule has 6 heteroatoms. The molecule has 3 rings (SSSR count). The monoisotopic (exact) mass is 270 g/mol. The molecule has 6 nitrogen and oxygen atoms in total. The number of aliphatic hydroxyl groups is 1. The SMILES string of the molecule is O=C1OCCCN1C1CCN(C2COCC2O)CC1. The number of hydrogen-bond acceptors (Lipinski definition) is 5. The van der Waals surface area contributed by atoms with Gasteiger partial charge in [-0.3, -0.25) is 4.90 Å². The summed E-state index contributed by atoms with van der Waals surface area (Å²) in [6, 6.07) is 0.428. The lowest BCUT2D eigenvalue weighted by Crippen LogP contribution is -2.53. The molecular formula is C13H22N2O4. The zero-order valence-corrected chi connectivity index (χ0v) is 11.2. The number of piperidine rings is 1. The molecule has 0 aromatic heterocycles. The van der Waals surface area contributed by atoms with Gasteiger partial charge < -0.3 is 19.5 Å². The average molecular weight is 270 g/mol. The number of carbonyl (C=O) groups is 1. The molecule has 2 unspecified atom stereocenters. The Morgan fingerprint density at radius 2 is 1.95 bits per heavy atom. The van der Waals surface area contributed by atoms with Gasteiger partial charge in [-0.2, -0.15) is 0 Å². The highest BCUT2D eigenvalue weighted by Gasteiger charge is 2.36. The Morgan fingerprint density at radius 3 is 2.58 bits per heavy atom. The van der Waals surface area contributed by atoms with E-state index in [-0.39, 0.29) is 18.2 Å². The van der Waals surface area contributed by atoms with Gasteiger partial charge >= 0.3 is 6.09 Å². The van der Waals surface area contributed by atoms with Crippen LogP contribution in [0.1, 0.15) is 19.3 Å². The first-order valence-corrected chi connectivity index (χ1v) is 7.19. The van der Waals surface area contributed by atoms with Crippen LogP contribution in [0.2, 0.25) is 0 Å². The second-order valence-electron chi connectivity index (χ2n) is 5.60. The summed E-state index contributed by atoms with van der Waals surface area (Å²) in [6.07, 6.45) is 2.32. The highest BCUT2D eigenvalue weighted by Crippen LogP contribution is 2.23. The minimum Gasteiger partial charge on any atom is -0.449 e. The zero-order valence-electron chi connectivity index (χ0n) is 11.2. The number of hydrogen-bond donors (Lipinski definition) is 1. The van der Waals surface area contributed by atoms with Crippen molar-refractivity contribution in [2.45, 2.75) is 37.5 Å². The van der Waals surface area contributed by atoms with E-state index in [0.29, 0.717) is 25.9 Å². The maximum absolute atomic E-state index is 11.7. The maximum atomic E-state index is 11.7. The van der Waals surface area contributed by atoms with E-state index in [0.717, 1.165) is 38.9 Å². The van der Waals surface area contributed by atoms with Gasteiger partial charge in [0, 0.05) is 25.7 Å². The molecule has 1 amide bonds. The summed E-state index contributed by atoms with van der Waals surface area (Å²) in [4.78, 5) is 15.9. The molecule has 0 radical (unpaired) electrons. The molecule has 3 heterocycles. The second kappa shape index (κ2) is 5.64. The average Bonchev–Trinajstić information content (AvgIpc) is 2.86. The van der Waals surface area contributed by atoms with E-state index >= 15 is 0 Å². The van der Waals surface area contributed by atoms with Crippen LogP contribution < -0.4 is 0 Å². The van der Waals surface area contributed by atoms with Gasteiger partial charge in [0.15, 0.2) is 0 Å². The summed E-state index contributed by atoms with van der Waals surface area (Å²) >= 11 is 0. The molecule has 3 aliphatic rings. The van der Waals surface area contributed by atoms with E-state index in [1.165, 1.54) is 0 Å². The highest BCUT2D eigenvalue weighted by molar-refractivity contribution is 5.68. The molecule has 2 atom stereocenters. The van der Waals surface area contributed by atoms with Gasteiger partial charge in [0.2, 0.25) is 0 Å². The first-order valence-electron chi connectivity index (χ1n) is 7.19. The molecule has 3 fully saturated rings. The van der Waals surface area contributed by atoms with Crippen LogP contribution >= 0.6 is 0 Å². The van der Waals surface area contributed by atoms with Crippen molar-refractivity contribution in [1.29, 1.82) is 0 Å². The minimum atomic E-state index is -0.364. The third-order valence-corrected chi connectivity index (χ3v) is 4.43. The molecule has 0 spiro atoms. The number of cyclic esters (lactones) is 1. The summed E-state index contributed by atoms with van der Waals surface area (Å²) in [7, 11) is 0. The molecule has 0 aliphatic carbocycles. The smallest absolute Gasteiger partial charge is 0.410 e. The molecular weight excluding hydrogens is 248 g/mol. The quantitative estimate of drug-likeness (QED) is 0.768. The number of rotatable bonds is 2. The maximum Gasteiger partial charge on any atom is 0.410 e. The number of carbonyl (C=O) groups excluding carboxylic acids is 1. The van der Waals surface area contributed by atoms with Crippen molar-refractivity contribution in [1.82, 2.24) is 9.80 Å². The summed E-state index contributed by atoms with van der Waals surface area (Å²) in [6.45, 7) is 4.28. The first kappa shape index (κ1) is 13.1. The predicted octanol–water partition coefficient (Wildman–Crippen LogP) is 0.0528. The van der Waals surface area contributed by atoms with Gasteiger partial charge in [0.25, 0.3) is 0 Å². The Hall–Kier alpha value is -0.850. The number of aliphatic hydroxyl groups excluding tert-OH is 1. The molecule has 0 aromatic carbocycles. The third-order valence-electron chi connectivity index (χ3n) is 4.43. The van der Waals surface area contributed by atoms with E-state index in [1.54, 1.807) is 0 Å². The van der Waals surface area contributed by atoms with Crippen molar-refractivity contribution in [2.75, 3.05) is 39.5 Å². The van der Waals surface area contributed by atoms with Crippen LogP contribution in [0.3, 0.4) is 0 Å². The standard InChI is InChI=1S/C13H22N2O4/c16-12-9-18-8-11(12)14-5-2-10(3-6-14)15-4-1-7-19-13(15)17/h10-12,16H,1-9H2. The Bertz CT molecular complexity index is 331. The third kappa shape index (κ3) is 2.70. The van der Waals surface area contributed by atoms with Crippen LogP contribution in [0, 0.1) is 0 Å². The van der Waals surface area contributed by atoms with E-state index < -0.39 is 0 Å². The van der Waals surface area contributed by atoms with Gasteiger partial charge in [-0.25, -0.2) is 4.79 Å². The van der Waals surface area contributed by atoms with E-state index in [2.05, 4.69) is 4.90 Å². The zero-order chi connectivity index (χ0) is 13.2. The number of amides is 1. The molecule has 108 valence electrons. The normalized spacial score (nSPS) is 34.6. The molecule has 0 bridgehead atoms. The summed E-state index contributed by atoms with van der Waals surface area (Å²) < 4.78 is 10.4. The van der Waals surface area contributed by atoms with Gasteiger partial charge in [-0.1, -0.05) is 0 Å². The fraction of sp³-hybridized carbons (Fsp3) is 0.923. The topological polar surface area (TPSA) is 62.2 Å². The van der Waals surface area contributed by atoms with Crippen LogP contribution in [0.15, 0.2) is 0 Å². The van der Waals surface area contributed by atoms with Crippen LogP contribution in [-0.2, 0) is 9.47 Å². The molecule has 0 aromatic rings. The van der Waals surface area contributed by atoms with Crippen LogP contribution in [0.4, 0.5) is 4.79 Å². The molecule has 1 N–H and O–H groups in total. The van der Waals surface area contributed by atoms with E-state index in [4.69, 9.17) is 9.47 Å². The minimum absolute atomic E-state index is 0.134. The number of likely N-dealkylation sites (tertiary alicyclic amines) is 1. The fourth-order valence-electron chi connectivity index (χ4n) is 3.31. The van der Waals surface area contributed by atoms with Crippen LogP contribution in [-0.4, -0.2) is 78.6 Å². The van der Waals surface area contributed by atoms with Crippen molar-refractivity contribution in [3.8, 4) is 0 Å². The Balaban J connectivity index is 1.52. The number of nitrogens with zero attached hydrogens (tertiary/aromatic N) is 2. The second-order valence-corrected chi connectivity index (χ2v) is 5.60. The van der Waals surface area contributed by atoms with Crippen molar-refractivity contribution >= 4 is 6.09 Å². The van der Waals surface area contributed by atoms with Crippen molar-refractivity contribution in [3.05, 3.63) is 0 Å².